The van der Waals surface area contributed by atoms with E-state index >= 15 is 0 Å². The summed E-state index contributed by atoms with van der Waals surface area (Å²) < 4.78 is 34.0. The Labute approximate surface area is 191 Å². The van der Waals surface area contributed by atoms with E-state index in [1.807, 2.05) is 30.3 Å². The molecular weight excluding hydrogens is 484 g/mol. The van der Waals surface area contributed by atoms with Crippen LogP contribution in [0.4, 0.5) is 4.79 Å². The van der Waals surface area contributed by atoms with E-state index in [1.165, 1.54) is 12.1 Å². The van der Waals surface area contributed by atoms with Gasteiger partial charge in [0.1, 0.15) is 6.61 Å². The summed E-state index contributed by atoms with van der Waals surface area (Å²) in [6.07, 6.45) is 3.06. The monoisotopic (exact) mass is 510 g/mol. The first-order valence-corrected chi connectivity index (χ1v) is 12.9. The minimum Gasteiger partial charge on any atom is -0.434 e. The Morgan fingerprint density at radius 2 is 1.55 bits per heavy atom. The van der Waals surface area contributed by atoms with E-state index in [9.17, 15) is 18.3 Å². The average molecular weight is 511 g/mol. The van der Waals surface area contributed by atoms with Gasteiger partial charge in [0, 0.05) is 17.2 Å². The number of unbranched alkanes of at least 4 members (excludes halogenated alkanes) is 2. The lowest BCUT2D eigenvalue weighted by Gasteiger charge is -2.16. The molecule has 0 saturated heterocycles. The van der Waals surface area contributed by atoms with Crippen LogP contribution in [0.3, 0.4) is 0 Å². The summed E-state index contributed by atoms with van der Waals surface area (Å²) in [6, 6.07) is 15.5. The van der Waals surface area contributed by atoms with E-state index in [1.54, 1.807) is 12.1 Å². The lowest BCUT2D eigenvalue weighted by atomic mass is 9.95. The van der Waals surface area contributed by atoms with E-state index in [2.05, 4.69) is 15.9 Å². The summed E-state index contributed by atoms with van der Waals surface area (Å²) in [5, 5.41) is 11.0. The molecule has 0 aliphatic heterocycles. The average Bonchev–Trinajstić information content (AvgIpc) is 2.76. The maximum Gasteiger partial charge on any atom is 0.508 e. The Morgan fingerprint density at radius 3 is 2.13 bits per heavy atom. The summed E-state index contributed by atoms with van der Waals surface area (Å²) in [6.45, 7) is -0.124. The molecule has 0 aliphatic carbocycles. The van der Waals surface area contributed by atoms with E-state index < -0.39 is 16.0 Å². The van der Waals surface area contributed by atoms with Crippen molar-refractivity contribution in [3.63, 3.8) is 0 Å². The summed E-state index contributed by atoms with van der Waals surface area (Å²) in [7, 11) is -3.34. The van der Waals surface area contributed by atoms with Gasteiger partial charge in [0.05, 0.1) is 18.1 Å². The van der Waals surface area contributed by atoms with Gasteiger partial charge >= 0.3 is 6.16 Å². The second-order valence-corrected chi connectivity index (χ2v) is 9.72. The zero-order valence-corrected chi connectivity index (χ0v) is 19.8. The highest BCUT2D eigenvalue weighted by Gasteiger charge is 2.16. The molecule has 0 atom stereocenters. The first kappa shape index (κ1) is 25.1. The summed E-state index contributed by atoms with van der Waals surface area (Å²) in [4.78, 5) is 12.2. The number of sulfone groups is 1. The van der Waals surface area contributed by atoms with Crippen molar-refractivity contribution in [2.45, 2.75) is 24.2 Å². The highest BCUT2D eigenvalue weighted by Crippen LogP contribution is 2.27. The van der Waals surface area contributed by atoms with Crippen LogP contribution in [-0.2, 0) is 19.3 Å². The number of alkyl halides is 1. The minimum atomic E-state index is -3.34. The number of aliphatic hydroxyl groups is 1. The first-order valence-electron chi connectivity index (χ1n) is 9.91. The maximum atomic E-state index is 12.0. The number of benzene rings is 2. The maximum absolute atomic E-state index is 12.0. The van der Waals surface area contributed by atoms with Crippen LogP contribution in [0.1, 0.15) is 30.4 Å². The molecule has 0 radical (unpaired) electrons. The number of ether oxygens (including phenoxy) is 2. The molecule has 2 rings (SSSR count). The second-order valence-electron chi connectivity index (χ2n) is 6.91. The normalized spacial score (nSPS) is 12.2. The molecule has 31 heavy (non-hydrogen) atoms. The number of aliphatic hydroxyl groups excluding tert-OH is 1. The molecule has 6 nitrogen and oxygen atoms in total. The molecular formula is C23H27BrO6S. The molecule has 0 fully saturated rings. The highest BCUT2D eigenvalue weighted by atomic mass is 79.9. The van der Waals surface area contributed by atoms with Crippen molar-refractivity contribution in [2.24, 2.45) is 0 Å². The van der Waals surface area contributed by atoms with Crippen molar-refractivity contribution < 1.29 is 27.8 Å². The molecule has 0 saturated carbocycles. The second kappa shape index (κ2) is 12.6. The van der Waals surface area contributed by atoms with Crippen LogP contribution in [0.2, 0.25) is 0 Å². The quantitative estimate of drug-likeness (QED) is 0.203. The van der Waals surface area contributed by atoms with Gasteiger partial charge in [-0.2, -0.15) is 0 Å². The fourth-order valence-corrected chi connectivity index (χ4v) is 3.98. The van der Waals surface area contributed by atoms with Crippen LogP contribution in [0, 0.1) is 0 Å². The molecule has 0 amide bonds. The van der Waals surface area contributed by atoms with Crippen molar-refractivity contribution in [2.75, 3.05) is 31.4 Å². The lowest BCUT2D eigenvalue weighted by molar-refractivity contribution is 0.0634. The third-order valence-corrected chi connectivity index (χ3v) is 6.30. The topological polar surface area (TPSA) is 89.9 Å². The van der Waals surface area contributed by atoms with E-state index in [0.717, 1.165) is 36.4 Å². The Balaban J connectivity index is 2.25. The minimum absolute atomic E-state index is 0.122. The van der Waals surface area contributed by atoms with E-state index in [-0.39, 0.29) is 24.7 Å². The summed E-state index contributed by atoms with van der Waals surface area (Å²) >= 11 is 3.36. The number of carbonyl (C=O) groups is 1. The van der Waals surface area contributed by atoms with Crippen LogP contribution >= 0.6 is 15.9 Å². The largest absolute Gasteiger partial charge is 0.508 e. The zero-order chi connectivity index (χ0) is 22.7. The van der Waals surface area contributed by atoms with Gasteiger partial charge in [-0.25, -0.2) is 13.2 Å². The SMILES string of the molecule is CS(=O)(=O)c1ccc(C(COC(=O)OCCCCCBr)=C(CO)c2ccccc2)cc1. The first-order chi connectivity index (χ1) is 14.9. The van der Waals surface area contributed by atoms with Gasteiger partial charge in [0.25, 0.3) is 0 Å². The number of carbonyl (C=O) groups excluding carboxylic acids is 1. The molecule has 2 aromatic rings. The summed E-state index contributed by atoms with van der Waals surface area (Å²) in [5.41, 5.74) is 2.58. The molecule has 1 N–H and O–H groups in total. The van der Waals surface area contributed by atoms with Crippen molar-refractivity contribution in [3.05, 3.63) is 65.7 Å². The van der Waals surface area contributed by atoms with Gasteiger partial charge in [-0.3, -0.25) is 0 Å². The molecule has 0 unspecified atom stereocenters. The number of hydrogen-bond donors (Lipinski definition) is 1. The predicted octanol–water partition coefficient (Wildman–Crippen LogP) is 4.71. The summed E-state index contributed by atoms with van der Waals surface area (Å²) in [5.74, 6) is 0. The molecule has 0 aromatic heterocycles. The van der Waals surface area contributed by atoms with Crippen molar-refractivity contribution in [3.8, 4) is 0 Å². The van der Waals surface area contributed by atoms with Gasteiger partial charge in [0.15, 0.2) is 9.84 Å². The Kier molecular flexibility index (Phi) is 10.2. The van der Waals surface area contributed by atoms with Gasteiger partial charge in [-0.05, 0) is 48.1 Å². The Hall–Kier alpha value is -2.16. The molecule has 0 bridgehead atoms. The third-order valence-electron chi connectivity index (χ3n) is 4.61. The standard InChI is InChI=1S/C23H27BrO6S/c1-31(27,28)20-12-10-19(11-13-20)22(21(16-25)18-8-4-2-5-9-18)17-30-23(26)29-15-7-3-6-14-24/h2,4-5,8-13,25H,3,6-7,14-17H2,1H3. The van der Waals surface area contributed by atoms with Crippen LogP contribution in [0.25, 0.3) is 11.1 Å². The van der Waals surface area contributed by atoms with Crippen LogP contribution in [0.5, 0.6) is 0 Å². The van der Waals surface area contributed by atoms with E-state index in [4.69, 9.17) is 9.47 Å². The lowest BCUT2D eigenvalue weighted by Crippen LogP contribution is -2.12. The Morgan fingerprint density at radius 1 is 0.903 bits per heavy atom. The van der Waals surface area contributed by atoms with Gasteiger partial charge in [-0.1, -0.05) is 58.4 Å². The third kappa shape index (κ3) is 8.12. The van der Waals surface area contributed by atoms with Crippen LogP contribution in [-0.4, -0.2) is 51.1 Å². The zero-order valence-electron chi connectivity index (χ0n) is 17.4. The smallest absolute Gasteiger partial charge is 0.434 e. The van der Waals surface area contributed by atoms with Gasteiger partial charge in [0.2, 0.25) is 0 Å². The van der Waals surface area contributed by atoms with Crippen LogP contribution in [0.15, 0.2) is 59.5 Å². The molecule has 2 aromatic carbocycles. The van der Waals surface area contributed by atoms with Crippen molar-refractivity contribution in [1.82, 2.24) is 0 Å². The fourth-order valence-electron chi connectivity index (χ4n) is 2.95. The highest BCUT2D eigenvalue weighted by molar-refractivity contribution is 9.09. The predicted molar refractivity (Wildman–Crippen MR) is 125 cm³/mol. The van der Waals surface area contributed by atoms with Crippen molar-refractivity contribution >= 4 is 43.1 Å². The number of rotatable bonds is 11. The molecule has 0 heterocycles. The van der Waals surface area contributed by atoms with E-state index in [0.29, 0.717) is 16.7 Å². The molecule has 0 aliphatic rings. The van der Waals surface area contributed by atoms with Crippen LogP contribution < -0.4 is 0 Å². The van der Waals surface area contributed by atoms with Gasteiger partial charge in [-0.15, -0.1) is 0 Å². The number of halogens is 1. The Bertz CT molecular complexity index is 969. The number of hydrogen-bond acceptors (Lipinski definition) is 6. The fraction of sp³-hybridized carbons (Fsp3) is 0.348. The molecule has 0 spiro atoms. The van der Waals surface area contributed by atoms with Crippen molar-refractivity contribution in [1.29, 1.82) is 0 Å². The van der Waals surface area contributed by atoms with Gasteiger partial charge < -0.3 is 14.6 Å². The molecule has 168 valence electrons. The molecule has 8 heteroatoms.